The molecule has 6 heteroatoms. The van der Waals surface area contributed by atoms with Crippen molar-refractivity contribution in [1.29, 1.82) is 0 Å². The van der Waals surface area contributed by atoms with E-state index in [1.807, 2.05) is 25.1 Å². The largest absolute Gasteiger partial charge is 0.323 e. The molecule has 1 aliphatic rings. The Morgan fingerprint density at radius 2 is 1.75 bits per heavy atom. The molecular weight excluding hydrogens is 326 g/mol. The molecule has 2 N–H and O–H groups in total. The summed E-state index contributed by atoms with van der Waals surface area (Å²) in [6, 6.07) is 12.2. The fourth-order valence-corrected chi connectivity index (χ4v) is 2.94. The minimum atomic E-state index is -0.323. The summed E-state index contributed by atoms with van der Waals surface area (Å²) in [5, 5.41) is 6.18. The molecule has 0 fully saturated rings. The Kier molecular flexibility index (Phi) is 4.71. The van der Waals surface area contributed by atoms with Crippen LogP contribution in [-0.2, 0) is 11.2 Å². The van der Waals surface area contributed by atoms with Gasteiger partial charge in [0.15, 0.2) is 0 Å². The maximum Gasteiger partial charge on any atom is 0.323 e. The minimum absolute atomic E-state index is 0.145. The monoisotopic (exact) mass is 343 g/mol. The van der Waals surface area contributed by atoms with E-state index in [4.69, 9.17) is 11.6 Å². The highest BCUT2D eigenvalue weighted by Crippen LogP contribution is 2.30. The zero-order valence-corrected chi connectivity index (χ0v) is 14.1. The molecule has 0 aromatic heterocycles. The van der Waals surface area contributed by atoms with Crippen LogP contribution in [0, 0.1) is 0 Å². The van der Waals surface area contributed by atoms with Gasteiger partial charge in [-0.3, -0.25) is 4.79 Å². The third-order valence-electron chi connectivity index (χ3n) is 3.96. The third kappa shape index (κ3) is 3.51. The summed E-state index contributed by atoms with van der Waals surface area (Å²) >= 11 is 5.82. The van der Waals surface area contributed by atoms with Gasteiger partial charge in [0.05, 0.1) is 0 Å². The number of aryl methyl sites for hydroxylation is 1. The molecule has 0 spiro atoms. The number of benzene rings is 2. The Bertz CT molecular complexity index is 774. The minimum Gasteiger partial charge on any atom is -0.312 e. The van der Waals surface area contributed by atoms with Crippen molar-refractivity contribution < 1.29 is 9.59 Å². The first-order chi connectivity index (χ1) is 11.6. The van der Waals surface area contributed by atoms with E-state index in [-0.39, 0.29) is 11.9 Å². The predicted molar refractivity (Wildman–Crippen MR) is 96.9 cm³/mol. The summed E-state index contributed by atoms with van der Waals surface area (Å²) in [7, 11) is 0. The van der Waals surface area contributed by atoms with Crippen LogP contribution in [0.5, 0.6) is 0 Å². The van der Waals surface area contributed by atoms with Crippen molar-refractivity contribution in [3.63, 3.8) is 0 Å². The van der Waals surface area contributed by atoms with Gasteiger partial charge >= 0.3 is 6.03 Å². The number of amides is 3. The van der Waals surface area contributed by atoms with Crippen LogP contribution in [0.4, 0.5) is 21.9 Å². The summed E-state index contributed by atoms with van der Waals surface area (Å²) in [6.07, 6.45) is 1.19. The van der Waals surface area contributed by atoms with E-state index in [0.717, 1.165) is 11.3 Å². The summed E-state index contributed by atoms with van der Waals surface area (Å²) in [4.78, 5) is 25.8. The SMILES string of the molecule is CCN1C(=O)CCc2cc(NC(=O)Nc3ccc(Cl)cc3)ccc21. The van der Waals surface area contributed by atoms with Crippen LogP contribution in [0.15, 0.2) is 42.5 Å². The second-order valence-corrected chi connectivity index (χ2v) is 6.00. The van der Waals surface area contributed by atoms with E-state index in [9.17, 15) is 9.59 Å². The van der Waals surface area contributed by atoms with Gasteiger partial charge < -0.3 is 15.5 Å². The summed E-state index contributed by atoms with van der Waals surface area (Å²) < 4.78 is 0. The Hall–Kier alpha value is -2.53. The number of anilines is 3. The fourth-order valence-electron chi connectivity index (χ4n) is 2.81. The normalized spacial score (nSPS) is 13.4. The van der Waals surface area contributed by atoms with Crippen molar-refractivity contribution in [2.75, 3.05) is 22.1 Å². The van der Waals surface area contributed by atoms with Gasteiger partial charge in [-0.25, -0.2) is 4.79 Å². The van der Waals surface area contributed by atoms with Gasteiger partial charge in [-0.1, -0.05) is 11.6 Å². The number of nitrogens with zero attached hydrogens (tertiary/aromatic N) is 1. The molecule has 0 radical (unpaired) electrons. The molecule has 2 aromatic carbocycles. The van der Waals surface area contributed by atoms with E-state index >= 15 is 0 Å². The van der Waals surface area contributed by atoms with Crippen molar-refractivity contribution in [1.82, 2.24) is 0 Å². The number of hydrogen-bond acceptors (Lipinski definition) is 2. The van der Waals surface area contributed by atoms with Gasteiger partial charge in [0.2, 0.25) is 5.91 Å². The molecule has 1 aliphatic heterocycles. The van der Waals surface area contributed by atoms with E-state index in [1.165, 1.54) is 0 Å². The molecule has 0 saturated heterocycles. The fraction of sp³-hybridized carbons (Fsp3) is 0.222. The van der Waals surface area contributed by atoms with Gasteiger partial charge in [-0.15, -0.1) is 0 Å². The van der Waals surface area contributed by atoms with Crippen LogP contribution in [0.25, 0.3) is 0 Å². The van der Waals surface area contributed by atoms with Gasteiger partial charge in [0, 0.05) is 35.1 Å². The van der Waals surface area contributed by atoms with Crippen molar-refractivity contribution in [2.45, 2.75) is 19.8 Å². The molecule has 3 amide bonds. The van der Waals surface area contributed by atoms with Crippen molar-refractivity contribution in [2.24, 2.45) is 0 Å². The first kappa shape index (κ1) is 16.3. The number of halogens is 1. The molecular formula is C18H18ClN3O2. The maximum atomic E-state index is 12.1. The lowest BCUT2D eigenvalue weighted by Gasteiger charge is -2.28. The lowest BCUT2D eigenvalue weighted by Crippen LogP contribution is -2.34. The summed E-state index contributed by atoms with van der Waals surface area (Å²) in [5.41, 5.74) is 3.36. The topological polar surface area (TPSA) is 61.4 Å². The van der Waals surface area contributed by atoms with Crippen LogP contribution < -0.4 is 15.5 Å². The number of rotatable bonds is 3. The molecule has 2 aromatic rings. The highest BCUT2D eigenvalue weighted by atomic mass is 35.5. The number of carbonyl (C=O) groups is 2. The molecule has 3 rings (SSSR count). The molecule has 0 unspecified atom stereocenters. The predicted octanol–water partition coefficient (Wildman–Crippen LogP) is 4.28. The average Bonchev–Trinajstić information content (AvgIpc) is 2.57. The van der Waals surface area contributed by atoms with E-state index in [0.29, 0.717) is 35.8 Å². The van der Waals surface area contributed by atoms with Gasteiger partial charge in [-0.05, 0) is 61.4 Å². The molecule has 0 aliphatic carbocycles. The number of nitrogens with one attached hydrogen (secondary N) is 2. The Morgan fingerprint density at radius 3 is 2.46 bits per heavy atom. The van der Waals surface area contributed by atoms with E-state index < -0.39 is 0 Å². The van der Waals surface area contributed by atoms with Gasteiger partial charge in [0.25, 0.3) is 0 Å². The number of fused-ring (bicyclic) bond motifs is 1. The summed E-state index contributed by atoms with van der Waals surface area (Å²) in [5.74, 6) is 0.145. The Balaban J connectivity index is 1.71. The molecule has 0 atom stereocenters. The zero-order chi connectivity index (χ0) is 17.1. The Labute approximate surface area is 145 Å². The lowest BCUT2D eigenvalue weighted by molar-refractivity contribution is -0.118. The van der Waals surface area contributed by atoms with Crippen molar-refractivity contribution >= 4 is 40.6 Å². The molecule has 0 bridgehead atoms. The highest BCUT2D eigenvalue weighted by Gasteiger charge is 2.22. The van der Waals surface area contributed by atoms with Crippen molar-refractivity contribution in [3.05, 3.63) is 53.1 Å². The van der Waals surface area contributed by atoms with E-state index in [2.05, 4.69) is 10.6 Å². The van der Waals surface area contributed by atoms with Crippen LogP contribution >= 0.6 is 11.6 Å². The van der Waals surface area contributed by atoms with Crippen LogP contribution in [0.1, 0.15) is 18.9 Å². The molecule has 124 valence electrons. The van der Waals surface area contributed by atoms with Crippen LogP contribution in [-0.4, -0.2) is 18.5 Å². The van der Waals surface area contributed by atoms with Crippen LogP contribution in [0.3, 0.4) is 0 Å². The number of carbonyl (C=O) groups excluding carboxylic acids is 2. The second-order valence-electron chi connectivity index (χ2n) is 5.57. The van der Waals surface area contributed by atoms with Crippen molar-refractivity contribution in [3.8, 4) is 0 Å². The number of hydrogen-bond donors (Lipinski definition) is 2. The molecule has 0 saturated carbocycles. The number of urea groups is 1. The Morgan fingerprint density at radius 1 is 1.08 bits per heavy atom. The standard InChI is InChI=1S/C18H18ClN3O2/c1-2-22-16-9-8-15(11-12(16)3-10-17(22)23)21-18(24)20-14-6-4-13(19)5-7-14/h4-9,11H,2-3,10H2,1H3,(H2,20,21,24). The zero-order valence-electron chi connectivity index (χ0n) is 13.3. The smallest absolute Gasteiger partial charge is 0.312 e. The lowest BCUT2D eigenvalue weighted by atomic mass is 10.0. The second kappa shape index (κ2) is 6.93. The van der Waals surface area contributed by atoms with Gasteiger partial charge in [-0.2, -0.15) is 0 Å². The first-order valence-electron chi connectivity index (χ1n) is 7.83. The van der Waals surface area contributed by atoms with Crippen LogP contribution in [0.2, 0.25) is 5.02 Å². The highest BCUT2D eigenvalue weighted by molar-refractivity contribution is 6.30. The maximum absolute atomic E-state index is 12.1. The molecule has 24 heavy (non-hydrogen) atoms. The molecule has 1 heterocycles. The summed E-state index contributed by atoms with van der Waals surface area (Å²) in [6.45, 7) is 2.61. The molecule has 5 nitrogen and oxygen atoms in total. The van der Waals surface area contributed by atoms with Gasteiger partial charge in [0.1, 0.15) is 0 Å². The average molecular weight is 344 g/mol. The third-order valence-corrected chi connectivity index (χ3v) is 4.21. The quantitative estimate of drug-likeness (QED) is 0.873. The van der Waals surface area contributed by atoms with E-state index in [1.54, 1.807) is 29.2 Å². The first-order valence-corrected chi connectivity index (χ1v) is 8.21.